The third-order valence-electron chi connectivity index (χ3n) is 4.11. The molecular weight excluding hydrogens is 270 g/mol. The standard InChI is InChI=1S/C19H23N3/c1-19(2,3)15-9-5-6-10-16(15)21-18(20)22-13-12-14-8-4-7-11-17(14)22/h4-11H,12-13H2,1-3H3,(H2,20,21). The molecule has 1 aliphatic rings. The Kier molecular flexibility index (Phi) is 3.65. The molecule has 0 saturated carbocycles. The second kappa shape index (κ2) is 5.48. The zero-order chi connectivity index (χ0) is 15.7. The van der Waals surface area contributed by atoms with Gasteiger partial charge in [0.15, 0.2) is 0 Å². The molecular formula is C19H23N3. The first-order chi connectivity index (χ1) is 10.5. The molecule has 0 saturated heterocycles. The molecule has 0 atom stereocenters. The Balaban J connectivity index is 1.97. The first-order valence-corrected chi connectivity index (χ1v) is 7.76. The highest BCUT2D eigenvalue weighted by molar-refractivity contribution is 5.98. The number of aliphatic imine (C=N–C) groups is 1. The number of nitrogens with zero attached hydrogens (tertiary/aromatic N) is 2. The zero-order valence-electron chi connectivity index (χ0n) is 13.5. The molecule has 0 amide bonds. The number of nitrogens with two attached hydrogens (primary N) is 1. The van der Waals surface area contributed by atoms with Gasteiger partial charge in [-0.25, -0.2) is 4.99 Å². The second-order valence-electron chi connectivity index (χ2n) is 6.77. The summed E-state index contributed by atoms with van der Waals surface area (Å²) in [5.41, 5.74) is 11.0. The summed E-state index contributed by atoms with van der Waals surface area (Å²) in [5.74, 6) is 0.571. The minimum Gasteiger partial charge on any atom is -0.369 e. The van der Waals surface area contributed by atoms with Crippen molar-refractivity contribution < 1.29 is 0 Å². The van der Waals surface area contributed by atoms with Gasteiger partial charge in [0.2, 0.25) is 5.96 Å². The molecule has 0 aliphatic carbocycles. The predicted octanol–water partition coefficient (Wildman–Crippen LogP) is 3.99. The average Bonchev–Trinajstić information content (AvgIpc) is 2.90. The molecule has 2 N–H and O–H groups in total. The van der Waals surface area contributed by atoms with Crippen LogP contribution >= 0.6 is 0 Å². The van der Waals surface area contributed by atoms with E-state index >= 15 is 0 Å². The Hall–Kier alpha value is -2.29. The van der Waals surface area contributed by atoms with Crippen LogP contribution in [0.4, 0.5) is 11.4 Å². The van der Waals surface area contributed by atoms with Gasteiger partial charge in [-0.1, -0.05) is 57.2 Å². The summed E-state index contributed by atoms with van der Waals surface area (Å²) in [5, 5.41) is 0. The van der Waals surface area contributed by atoms with Crippen molar-refractivity contribution in [3.05, 3.63) is 59.7 Å². The van der Waals surface area contributed by atoms with Crippen molar-refractivity contribution in [3.63, 3.8) is 0 Å². The lowest BCUT2D eigenvalue weighted by atomic mass is 9.86. The van der Waals surface area contributed by atoms with Crippen molar-refractivity contribution in [3.8, 4) is 0 Å². The molecule has 3 nitrogen and oxygen atoms in total. The number of hydrogen-bond acceptors (Lipinski definition) is 1. The van der Waals surface area contributed by atoms with E-state index < -0.39 is 0 Å². The molecule has 2 aromatic carbocycles. The fourth-order valence-electron chi connectivity index (χ4n) is 2.97. The summed E-state index contributed by atoms with van der Waals surface area (Å²) in [4.78, 5) is 6.83. The normalized spacial score (nSPS) is 15.0. The highest BCUT2D eigenvalue weighted by atomic mass is 15.3. The SMILES string of the molecule is CC(C)(C)c1ccccc1N=C(N)N1CCc2ccccc21. The van der Waals surface area contributed by atoms with Crippen LogP contribution in [-0.2, 0) is 11.8 Å². The third kappa shape index (κ3) is 2.71. The van der Waals surface area contributed by atoms with E-state index in [1.165, 1.54) is 16.8 Å². The lowest BCUT2D eigenvalue weighted by molar-refractivity contribution is 0.591. The Labute approximate surface area is 132 Å². The summed E-state index contributed by atoms with van der Waals surface area (Å²) in [6.45, 7) is 7.49. The molecule has 0 unspecified atom stereocenters. The summed E-state index contributed by atoms with van der Waals surface area (Å²) in [6, 6.07) is 16.6. The Morgan fingerprint density at radius 2 is 1.73 bits per heavy atom. The number of anilines is 1. The zero-order valence-corrected chi connectivity index (χ0v) is 13.5. The topological polar surface area (TPSA) is 41.6 Å². The van der Waals surface area contributed by atoms with Crippen LogP contribution in [0.2, 0.25) is 0 Å². The third-order valence-corrected chi connectivity index (χ3v) is 4.11. The molecule has 0 radical (unpaired) electrons. The van der Waals surface area contributed by atoms with Gasteiger partial charge in [-0.15, -0.1) is 0 Å². The summed E-state index contributed by atoms with van der Waals surface area (Å²) in [7, 11) is 0. The predicted molar refractivity (Wildman–Crippen MR) is 93.9 cm³/mol. The van der Waals surface area contributed by atoms with Crippen molar-refractivity contribution in [1.82, 2.24) is 0 Å². The van der Waals surface area contributed by atoms with E-state index in [0.29, 0.717) is 5.96 Å². The maximum absolute atomic E-state index is 6.31. The Morgan fingerprint density at radius 1 is 1.05 bits per heavy atom. The van der Waals surface area contributed by atoms with Gasteiger partial charge in [0.05, 0.1) is 5.69 Å². The largest absolute Gasteiger partial charge is 0.369 e. The molecule has 2 aromatic rings. The Bertz CT molecular complexity index is 711. The lowest BCUT2D eigenvalue weighted by Crippen LogP contribution is -2.35. The van der Waals surface area contributed by atoms with Crippen LogP contribution in [0.1, 0.15) is 31.9 Å². The highest BCUT2D eigenvalue weighted by Gasteiger charge is 2.22. The number of fused-ring (bicyclic) bond motifs is 1. The maximum atomic E-state index is 6.31. The van der Waals surface area contributed by atoms with E-state index in [1.54, 1.807) is 0 Å². The summed E-state index contributed by atoms with van der Waals surface area (Å²) in [6.07, 6.45) is 1.02. The molecule has 0 aromatic heterocycles. The van der Waals surface area contributed by atoms with Crippen LogP contribution in [-0.4, -0.2) is 12.5 Å². The summed E-state index contributed by atoms with van der Waals surface area (Å²) >= 11 is 0. The van der Waals surface area contributed by atoms with Crippen LogP contribution in [0.3, 0.4) is 0 Å². The minimum absolute atomic E-state index is 0.0449. The van der Waals surface area contributed by atoms with Gasteiger partial charge in [-0.2, -0.15) is 0 Å². The van der Waals surface area contributed by atoms with Crippen LogP contribution in [0.15, 0.2) is 53.5 Å². The van der Waals surface area contributed by atoms with E-state index in [1.807, 2.05) is 18.2 Å². The average molecular weight is 293 g/mol. The van der Waals surface area contributed by atoms with E-state index in [9.17, 15) is 0 Å². The van der Waals surface area contributed by atoms with Crippen LogP contribution in [0, 0.1) is 0 Å². The maximum Gasteiger partial charge on any atom is 0.201 e. The van der Waals surface area contributed by atoms with Gasteiger partial charge in [-0.3, -0.25) is 0 Å². The Morgan fingerprint density at radius 3 is 2.50 bits per heavy atom. The van der Waals surface area contributed by atoms with Crippen molar-refractivity contribution in [1.29, 1.82) is 0 Å². The molecule has 0 fully saturated rings. The van der Waals surface area contributed by atoms with E-state index in [0.717, 1.165) is 18.7 Å². The quantitative estimate of drug-likeness (QED) is 0.638. The van der Waals surface area contributed by atoms with Gasteiger partial charge in [0.1, 0.15) is 0 Å². The fourth-order valence-corrected chi connectivity index (χ4v) is 2.97. The molecule has 22 heavy (non-hydrogen) atoms. The number of benzene rings is 2. The lowest BCUT2D eigenvalue weighted by Gasteiger charge is -2.23. The van der Waals surface area contributed by atoms with Crippen molar-refractivity contribution in [2.45, 2.75) is 32.6 Å². The second-order valence-corrected chi connectivity index (χ2v) is 6.77. The molecule has 114 valence electrons. The minimum atomic E-state index is 0.0449. The van der Waals surface area contributed by atoms with Crippen LogP contribution in [0.25, 0.3) is 0 Å². The number of para-hydroxylation sites is 2. The van der Waals surface area contributed by atoms with Crippen molar-refractivity contribution in [2.75, 3.05) is 11.4 Å². The molecule has 1 aliphatic heterocycles. The molecule has 3 rings (SSSR count). The van der Waals surface area contributed by atoms with Crippen molar-refractivity contribution >= 4 is 17.3 Å². The molecule has 0 spiro atoms. The van der Waals surface area contributed by atoms with Gasteiger partial charge < -0.3 is 10.6 Å². The van der Waals surface area contributed by atoms with Gasteiger partial charge in [0, 0.05) is 12.2 Å². The van der Waals surface area contributed by atoms with E-state index in [4.69, 9.17) is 10.7 Å². The van der Waals surface area contributed by atoms with Crippen LogP contribution < -0.4 is 10.6 Å². The van der Waals surface area contributed by atoms with Gasteiger partial charge in [-0.05, 0) is 35.1 Å². The number of guanidine groups is 1. The first-order valence-electron chi connectivity index (χ1n) is 7.76. The number of hydrogen-bond donors (Lipinski definition) is 1. The monoisotopic (exact) mass is 293 g/mol. The van der Waals surface area contributed by atoms with Gasteiger partial charge >= 0.3 is 0 Å². The summed E-state index contributed by atoms with van der Waals surface area (Å²) < 4.78 is 0. The van der Waals surface area contributed by atoms with Crippen molar-refractivity contribution in [2.24, 2.45) is 10.7 Å². The smallest absolute Gasteiger partial charge is 0.201 e. The number of rotatable bonds is 1. The molecule has 0 bridgehead atoms. The highest BCUT2D eigenvalue weighted by Crippen LogP contribution is 2.32. The van der Waals surface area contributed by atoms with Gasteiger partial charge in [0.25, 0.3) is 0 Å². The fraction of sp³-hybridized carbons (Fsp3) is 0.316. The van der Waals surface area contributed by atoms with Crippen LogP contribution in [0.5, 0.6) is 0 Å². The van der Waals surface area contributed by atoms with E-state index in [2.05, 4.69) is 56.0 Å². The molecule has 1 heterocycles. The van der Waals surface area contributed by atoms with E-state index in [-0.39, 0.29) is 5.41 Å². The molecule has 3 heteroatoms. The first kappa shape index (κ1) is 14.6.